The molecule has 282 valence electrons. The van der Waals surface area contributed by atoms with Crippen LogP contribution in [-0.2, 0) is 19.1 Å². The molecule has 0 aromatic carbocycles. The maximum absolute atomic E-state index is 12.2. The van der Waals surface area contributed by atoms with Crippen LogP contribution in [0.3, 0.4) is 0 Å². The monoisotopic (exact) mass is 677 g/mol. The number of hydrogen-bond acceptors (Lipinski definition) is 5. The quantitative estimate of drug-likeness (QED) is 0.0400. The van der Waals surface area contributed by atoms with Gasteiger partial charge in [-0.2, -0.15) is 0 Å². The molecule has 0 amide bonds. The van der Waals surface area contributed by atoms with Crippen molar-refractivity contribution in [3.05, 3.63) is 24.3 Å². The van der Waals surface area contributed by atoms with Crippen molar-refractivity contribution in [1.29, 1.82) is 0 Å². The van der Waals surface area contributed by atoms with E-state index in [4.69, 9.17) is 9.47 Å². The zero-order chi connectivity index (χ0) is 35.0. The molecule has 0 radical (unpaired) electrons. The number of rotatable bonds is 38. The maximum atomic E-state index is 12.2. The van der Waals surface area contributed by atoms with Crippen molar-refractivity contribution in [1.82, 2.24) is 0 Å². The van der Waals surface area contributed by atoms with Crippen molar-refractivity contribution in [3.8, 4) is 0 Å². The molecule has 0 heterocycles. The first-order valence-corrected chi connectivity index (χ1v) is 20.9. The largest absolute Gasteiger partial charge is 0.462 e. The zero-order valence-electron chi connectivity index (χ0n) is 32.0. The van der Waals surface area contributed by atoms with E-state index >= 15 is 0 Å². The third kappa shape index (κ3) is 37.2. The molecular weight excluding hydrogens is 596 g/mol. The van der Waals surface area contributed by atoms with E-state index in [1.807, 2.05) is 0 Å². The van der Waals surface area contributed by atoms with Gasteiger partial charge in [-0.1, -0.05) is 167 Å². The predicted molar refractivity (Wildman–Crippen MR) is 205 cm³/mol. The highest BCUT2D eigenvalue weighted by atomic mass is 16.6. The number of esters is 2. The van der Waals surface area contributed by atoms with Crippen LogP contribution < -0.4 is 0 Å². The molecule has 0 aliphatic rings. The maximum Gasteiger partial charge on any atom is 0.306 e. The smallest absolute Gasteiger partial charge is 0.306 e. The number of aliphatic hydroxyl groups is 1. The Bertz CT molecular complexity index is 731. The molecule has 0 aromatic rings. The van der Waals surface area contributed by atoms with E-state index in [0.717, 1.165) is 38.5 Å². The van der Waals surface area contributed by atoms with Crippen molar-refractivity contribution in [3.63, 3.8) is 0 Å². The lowest BCUT2D eigenvalue weighted by Gasteiger charge is -2.15. The van der Waals surface area contributed by atoms with Gasteiger partial charge in [-0.15, -0.1) is 0 Å². The summed E-state index contributed by atoms with van der Waals surface area (Å²) in [5.41, 5.74) is 0. The minimum atomic E-state index is -0.770. The number of hydrogen-bond donors (Lipinski definition) is 1. The first-order valence-electron chi connectivity index (χ1n) is 20.9. The minimum absolute atomic E-state index is 0.0657. The van der Waals surface area contributed by atoms with Crippen LogP contribution in [0.25, 0.3) is 0 Å². The van der Waals surface area contributed by atoms with Crippen molar-refractivity contribution in [2.45, 2.75) is 225 Å². The lowest BCUT2D eigenvalue weighted by molar-refractivity contribution is -0.161. The molecule has 0 aromatic heterocycles. The summed E-state index contributed by atoms with van der Waals surface area (Å²) in [6.07, 6.45) is 46.7. The lowest BCUT2D eigenvalue weighted by atomic mass is 10.1. The Morgan fingerprint density at radius 1 is 0.458 bits per heavy atom. The second-order valence-electron chi connectivity index (χ2n) is 14.1. The van der Waals surface area contributed by atoms with Crippen molar-refractivity contribution < 1.29 is 24.2 Å². The SMILES string of the molecule is CCCCCCC=CCCCCCCCCCC(=O)OC[C@H](CO)OC(=O)CCCCCCCCCCCC=CCCCCCCCC. The lowest BCUT2D eigenvalue weighted by Crippen LogP contribution is -2.28. The minimum Gasteiger partial charge on any atom is -0.462 e. The summed E-state index contributed by atoms with van der Waals surface area (Å²) in [7, 11) is 0. The second-order valence-corrected chi connectivity index (χ2v) is 14.1. The van der Waals surface area contributed by atoms with Crippen LogP contribution in [0.1, 0.15) is 219 Å². The van der Waals surface area contributed by atoms with Gasteiger partial charge in [0.1, 0.15) is 6.61 Å². The molecule has 0 unspecified atom stereocenters. The standard InChI is InChI=1S/C43H80O5/c1-3-5-7-9-11-13-15-17-19-20-21-22-24-26-28-30-32-34-36-38-43(46)48-41(39-44)40-47-42(45)37-35-33-31-29-27-25-23-18-16-14-12-10-8-6-4-2/h14,16-17,19,41,44H,3-13,15,18,20-40H2,1-2H3/t41-/m0/s1. The van der Waals surface area contributed by atoms with Gasteiger partial charge in [0.25, 0.3) is 0 Å². The van der Waals surface area contributed by atoms with Crippen molar-refractivity contribution in [2.24, 2.45) is 0 Å². The van der Waals surface area contributed by atoms with Gasteiger partial charge in [0.15, 0.2) is 6.10 Å². The average Bonchev–Trinajstić information content (AvgIpc) is 3.09. The third-order valence-electron chi connectivity index (χ3n) is 9.22. The predicted octanol–water partition coefficient (Wildman–Crippen LogP) is 13.1. The second kappa shape index (κ2) is 39.8. The summed E-state index contributed by atoms with van der Waals surface area (Å²) in [4.78, 5) is 24.3. The Morgan fingerprint density at radius 2 is 0.771 bits per heavy atom. The molecule has 0 bridgehead atoms. The molecule has 0 aliphatic heterocycles. The molecule has 48 heavy (non-hydrogen) atoms. The van der Waals surface area contributed by atoms with Crippen LogP contribution in [0.2, 0.25) is 0 Å². The Balaban J connectivity index is 3.52. The fraction of sp³-hybridized carbons (Fsp3) is 0.860. The molecular formula is C43H80O5. The van der Waals surface area contributed by atoms with Gasteiger partial charge in [0, 0.05) is 12.8 Å². The van der Waals surface area contributed by atoms with E-state index < -0.39 is 6.10 Å². The number of unbranched alkanes of at least 4 members (excludes halogenated alkanes) is 26. The fourth-order valence-electron chi connectivity index (χ4n) is 6.01. The number of carbonyl (C=O) groups excluding carboxylic acids is 2. The Labute approximate surface area is 298 Å². The summed E-state index contributed by atoms with van der Waals surface area (Å²) in [5.74, 6) is -0.592. The van der Waals surface area contributed by atoms with Gasteiger partial charge in [-0.05, 0) is 64.2 Å². The fourth-order valence-corrected chi connectivity index (χ4v) is 6.01. The summed E-state index contributed by atoms with van der Waals surface area (Å²) in [6, 6.07) is 0. The van der Waals surface area contributed by atoms with E-state index in [1.54, 1.807) is 0 Å². The van der Waals surface area contributed by atoms with E-state index in [0.29, 0.717) is 12.8 Å². The van der Waals surface area contributed by atoms with E-state index in [-0.39, 0.29) is 25.2 Å². The summed E-state index contributed by atoms with van der Waals surface area (Å²) >= 11 is 0. The van der Waals surface area contributed by atoms with Gasteiger partial charge in [-0.25, -0.2) is 0 Å². The zero-order valence-corrected chi connectivity index (χ0v) is 32.0. The molecule has 5 heteroatoms. The van der Waals surface area contributed by atoms with E-state index in [9.17, 15) is 14.7 Å². The molecule has 0 aliphatic carbocycles. The molecule has 1 atom stereocenters. The number of ether oxygens (including phenoxy) is 2. The summed E-state index contributed by atoms with van der Waals surface area (Å²) < 4.78 is 10.6. The molecule has 0 saturated carbocycles. The highest BCUT2D eigenvalue weighted by Crippen LogP contribution is 2.14. The van der Waals surface area contributed by atoms with Crippen LogP contribution in [-0.4, -0.2) is 36.4 Å². The van der Waals surface area contributed by atoms with Gasteiger partial charge >= 0.3 is 11.9 Å². The van der Waals surface area contributed by atoms with E-state index in [2.05, 4.69) is 38.2 Å². The molecule has 0 spiro atoms. The number of carbonyl (C=O) groups is 2. The van der Waals surface area contributed by atoms with Gasteiger partial charge < -0.3 is 14.6 Å². The first kappa shape index (κ1) is 46.4. The van der Waals surface area contributed by atoms with Crippen LogP contribution in [0, 0.1) is 0 Å². The normalized spacial score (nSPS) is 12.3. The van der Waals surface area contributed by atoms with E-state index in [1.165, 1.54) is 154 Å². The average molecular weight is 677 g/mol. The Morgan fingerprint density at radius 3 is 1.15 bits per heavy atom. The summed E-state index contributed by atoms with van der Waals surface area (Å²) in [5, 5.41) is 9.56. The van der Waals surface area contributed by atoms with Gasteiger partial charge in [-0.3, -0.25) is 9.59 Å². The third-order valence-corrected chi connectivity index (χ3v) is 9.22. The molecule has 0 saturated heterocycles. The molecule has 5 nitrogen and oxygen atoms in total. The van der Waals surface area contributed by atoms with Crippen LogP contribution in [0.15, 0.2) is 24.3 Å². The molecule has 0 rings (SSSR count). The number of allylic oxidation sites excluding steroid dienone is 4. The van der Waals surface area contributed by atoms with Gasteiger partial charge in [0.05, 0.1) is 6.61 Å². The molecule has 1 N–H and O–H groups in total. The van der Waals surface area contributed by atoms with Crippen LogP contribution in [0.4, 0.5) is 0 Å². The highest BCUT2D eigenvalue weighted by molar-refractivity contribution is 5.70. The van der Waals surface area contributed by atoms with Crippen LogP contribution in [0.5, 0.6) is 0 Å². The summed E-state index contributed by atoms with van der Waals surface area (Å²) in [6.45, 7) is 4.13. The van der Waals surface area contributed by atoms with Crippen molar-refractivity contribution >= 4 is 11.9 Å². The first-order chi connectivity index (χ1) is 23.6. The molecule has 0 fully saturated rings. The highest BCUT2D eigenvalue weighted by Gasteiger charge is 2.16. The Kier molecular flexibility index (Phi) is 38.5. The van der Waals surface area contributed by atoms with Crippen molar-refractivity contribution in [2.75, 3.05) is 13.2 Å². The number of aliphatic hydroxyl groups excluding tert-OH is 1. The Hall–Kier alpha value is -1.62. The topological polar surface area (TPSA) is 72.8 Å². The van der Waals surface area contributed by atoms with Crippen LogP contribution >= 0.6 is 0 Å². The van der Waals surface area contributed by atoms with Gasteiger partial charge in [0.2, 0.25) is 0 Å².